The van der Waals surface area contributed by atoms with Crippen LogP contribution < -0.4 is 5.32 Å². The summed E-state index contributed by atoms with van der Waals surface area (Å²) in [7, 11) is 0. The van der Waals surface area contributed by atoms with E-state index in [-0.39, 0.29) is 16.7 Å². The van der Waals surface area contributed by atoms with Crippen molar-refractivity contribution >= 4 is 5.91 Å². The van der Waals surface area contributed by atoms with E-state index in [4.69, 9.17) is 14.0 Å². The van der Waals surface area contributed by atoms with E-state index in [1.807, 2.05) is 24.3 Å². The zero-order valence-electron chi connectivity index (χ0n) is 23.5. The summed E-state index contributed by atoms with van der Waals surface area (Å²) in [5, 5.41) is 12.0. The molecule has 8 saturated carbocycles. The Hall–Kier alpha value is -3.10. The highest BCUT2D eigenvalue weighted by atomic mass is 19.1. The lowest BCUT2D eigenvalue weighted by Crippen LogP contribution is -2.63. The van der Waals surface area contributed by atoms with Gasteiger partial charge in [0, 0.05) is 33.1 Å². The molecule has 4 bridgehead atoms. The van der Waals surface area contributed by atoms with Gasteiger partial charge >= 0.3 is 0 Å². The Bertz CT molecular complexity index is 1530. The van der Waals surface area contributed by atoms with Crippen LogP contribution in [0.15, 0.2) is 33.3 Å². The van der Waals surface area contributed by atoms with Crippen molar-refractivity contribution in [2.24, 2.45) is 16.7 Å². The van der Waals surface area contributed by atoms with Crippen LogP contribution in [0.3, 0.4) is 0 Å². The number of fused-ring (bicyclic) bond motifs is 3. The van der Waals surface area contributed by atoms with E-state index >= 15 is 4.39 Å². The number of carbonyl (C=O) groups is 1. The van der Waals surface area contributed by atoms with Gasteiger partial charge in [0.2, 0.25) is 11.8 Å². The van der Waals surface area contributed by atoms with Gasteiger partial charge in [0.1, 0.15) is 6.17 Å². The molecule has 8 aliphatic rings. The predicted octanol–water partition coefficient (Wildman–Crippen LogP) is 6.25. The highest BCUT2D eigenvalue weighted by molar-refractivity contribution is 5.86. The molecule has 1 N–H and O–H groups in total. The molecule has 0 saturated heterocycles. The van der Waals surface area contributed by atoms with Gasteiger partial charge in [0.25, 0.3) is 5.89 Å². The number of carbonyl (C=O) groups excluding carboxylic acids is 1. The van der Waals surface area contributed by atoms with Crippen molar-refractivity contribution in [3.05, 3.63) is 47.4 Å². The summed E-state index contributed by atoms with van der Waals surface area (Å²) in [6.45, 7) is 2.15. The molecule has 8 aliphatic carbocycles. The summed E-state index contributed by atoms with van der Waals surface area (Å²) in [5.41, 5.74) is 0.372. The number of benzene rings is 1. The van der Waals surface area contributed by atoms with Gasteiger partial charge in [-0.2, -0.15) is 9.97 Å². The molecule has 1 aromatic carbocycles. The average molecular weight is 558 g/mol. The highest BCUT2D eigenvalue weighted by Crippen LogP contribution is 2.66. The SMILES string of the molecule is CC1(c2nc(C34CCC(C(NC(=O)C56CC(C5)C6)c5cccc(-c6nc(C7CC7)no6)c5)(CC3)C(F)C4)no2)CC1. The third kappa shape index (κ3) is 3.53. The molecule has 8 fully saturated rings. The number of hydrogen-bond donors (Lipinski definition) is 1. The third-order valence-electron chi connectivity index (χ3n) is 12.0. The summed E-state index contributed by atoms with van der Waals surface area (Å²) in [4.78, 5) is 23.2. The second-order valence-corrected chi connectivity index (χ2v) is 14.7. The molecular formula is C32H36FN5O3. The summed E-state index contributed by atoms with van der Waals surface area (Å²) < 4.78 is 28.1. The Kier molecular flexibility index (Phi) is 4.80. The second kappa shape index (κ2) is 8.04. The Morgan fingerprint density at radius 1 is 1.00 bits per heavy atom. The molecule has 11 rings (SSSR count). The van der Waals surface area contributed by atoms with Crippen LogP contribution in [-0.2, 0) is 15.6 Å². The Balaban J connectivity index is 1.05. The van der Waals surface area contributed by atoms with Crippen molar-refractivity contribution in [3.8, 4) is 11.5 Å². The quantitative estimate of drug-likeness (QED) is 0.349. The van der Waals surface area contributed by atoms with E-state index in [9.17, 15) is 4.79 Å². The molecule has 2 atom stereocenters. The third-order valence-corrected chi connectivity index (χ3v) is 12.0. The number of nitrogens with one attached hydrogen (secondary N) is 1. The Morgan fingerprint density at radius 2 is 1.78 bits per heavy atom. The molecule has 0 radical (unpaired) electrons. The summed E-state index contributed by atoms with van der Waals surface area (Å²) in [5.74, 6) is 3.80. The summed E-state index contributed by atoms with van der Waals surface area (Å²) in [6.07, 6.45) is 9.36. The topological polar surface area (TPSA) is 107 Å². The molecule has 1 amide bonds. The highest BCUT2D eigenvalue weighted by Gasteiger charge is 2.64. The van der Waals surface area contributed by atoms with Crippen molar-refractivity contribution < 1.29 is 18.2 Å². The van der Waals surface area contributed by atoms with E-state index in [2.05, 4.69) is 27.5 Å². The number of aromatic nitrogens is 4. The maximum absolute atomic E-state index is 16.8. The minimum absolute atomic E-state index is 0.0102. The van der Waals surface area contributed by atoms with Crippen LogP contribution in [0.25, 0.3) is 11.5 Å². The zero-order valence-corrected chi connectivity index (χ0v) is 23.5. The Morgan fingerprint density at radius 3 is 2.44 bits per heavy atom. The first-order chi connectivity index (χ1) is 19.8. The fourth-order valence-corrected chi connectivity index (χ4v) is 8.44. The van der Waals surface area contributed by atoms with Gasteiger partial charge in [-0.1, -0.05) is 29.4 Å². The van der Waals surface area contributed by atoms with Gasteiger partial charge in [-0.05, 0) is 101 Å². The molecule has 8 nitrogen and oxygen atoms in total. The molecule has 41 heavy (non-hydrogen) atoms. The molecule has 2 aromatic heterocycles. The molecule has 214 valence electrons. The van der Waals surface area contributed by atoms with Gasteiger partial charge < -0.3 is 14.4 Å². The molecule has 3 aromatic rings. The molecule has 9 heteroatoms. The number of amides is 1. The van der Waals surface area contributed by atoms with E-state index in [1.165, 1.54) is 0 Å². The molecule has 0 spiro atoms. The smallest absolute Gasteiger partial charge is 0.257 e. The average Bonchev–Trinajstić information content (AvgIpc) is 3.79. The minimum atomic E-state index is -1.10. The van der Waals surface area contributed by atoms with E-state index in [0.717, 1.165) is 74.7 Å². The molecule has 0 aliphatic heterocycles. The number of rotatable bonds is 8. The molecule has 2 heterocycles. The van der Waals surface area contributed by atoms with Crippen molar-refractivity contribution in [2.45, 2.75) is 113 Å². The number of halogens is 1. The maximum atomic E-state index is 16.8. The Labute approximate surface area is 238 Å². The summed E-state index contributed by atoms with van der Waals surface area (Å²) in [6, 6.07) is 7.53. The van der Waals surface area contributed by atoms with Crippen LogP contribution in [-0.4, -0.2) is 32.4 Å². The van der Waals surface area contributed by atoms with Crippen molar-refractivity contribution in [1.82, 2.24) is 25.6 Å². The predicted molar refractivity (Wildman–Crippen MR) is 145 cm³/mol. The lowest BCUT2D eigenvalue weighted by molar-refractivity contribution is -0.169. The van der Waals surface area contributed by atoms with Crippen molar-refractivity contribution in [2.75, 3.05) is 0 Å². The van der Waals surface area contributed by atoms with E-state index < -0.39 is 23.0 Å². The summed E-state index contributed by atoms with van der Waals surface area (Å²) >= 11 is 0. The van der Waals surface area contributed by atoms with Crippen molar-refractivity contribution in [3.63, 3.8) is 0 Å². The molecule has 2 unspecified atom stereocenters. The normalized spacial score (nSPS) is 36.7. The molecular weight excluding hydrogens is 521 g/mol. The first-order valence-corrected chi connectivity index (χ1v) is 15.5. The van der Waals surface area contributed by atoms with Crippen LogP contribution in [0.1, 0.15) is 119 Å². The largest absolute Gasteiger partial charge is 0.348 e. The zero-order chi connectivity index (χ0) is 27.6. The van der Waals surface area contributed by atoms with E-state index in [1.54, 1.807) is 0 Å². The van der Waals surface area contributed by atoms with Gasteiger partial charge in [-0.3, -0.25) is 4.79 Å². The fourth-order valence-electron chi connectivity index (χ4n) is 8.44. The van der Waals surface area contributed by atoms with Crippen LogP contribution >= 0.6 is 0 Å². The van der Waals surface area contributed by atoms with Gasteiger partial charge in [0.05, 0.1) is 6.04 Å². The van der Waals surface area contributed by atoms with E-state index in [0.29, 0.717) is 48.7 Å². The first kappa shape index (κ1) is 24.5. The van der Waals surface area contributed by atoms with Crippen LogP contribution in [0.5, 0.6) is 0 Å². The number of nitrogens with zero attached hydrogens (tertiary/aromatic N) is 4. The van der Waals surface area contributed by atoms with Gasteiger partial charge in [-0.25, -0.2) is 4.39 Å². The number of hydrogen-bond acceptors (Lipinski definition) is 7. The van der Waals surface area contributed by atoms with Crippen LogP contribution in [0, 0.1) is 16.7 Å². The van der Waals surface area contributed by atoms with Gasteiger partial charge in [0.15, 0.2) is 11.6 Å². The van der Waals surface area contributed by atoms with Crippen LogP contribution in [0.2, 0.25) is 0 Å². The van der Waals surface area contributed by atoms with Gasteiger partial charge in [-0.15, -0.1) is 0 Å². The van der Waals surface area contributed by atoms with Crippen molar-refractivity contribution in [1.29, 1.82) is 0 Å². The maximum Gasteiger partial charge on any atom is 0.257 e. The fraction of sp³-hybridized carbons (Fsp3) is 0.656. The monoisotopic (exact) mass is 557 g/mol. The lowest BCUT2D eigenvalue weighted by atomic mass is 9.44. The standard InChI is InChI=1S/C32H36FN5O3/c1-29(7-8-29)28-36-26(38-41-28)30-9-11-32(12-10-30,22(33)17-30)23(34-27(39)31-14-18(15-31)16-31)20-3-2-4-21(13-20)25-35-24(37-40-25)19-5-6-19/h2-4,13,18-19,22-23H,5-12,14-17H2,1H3,(H,34,39). The second-order valence-electron chi connectivity index (χ2n) is 14.7. The first-order valence-electron chi connectivity index (χ1n) is 15.5. The minimum Gasteiger partial charge on any atom is -0.348 e. The lowest BCUT2D eigenvalue weighted by Gasteiger charge is -2.61. The van der Waals surface area contributed by atoms with Crippen LogP contribution in [0.4, 0.5) is 4.39 Å². The number of alkyl halides is 1.